The van der Waals surface area contributed by atoms with Gasteiger partial charge < -0.3 is 14.6 Å². The van der Waals surface area contributed by atoms with E-state index in [2.05, 4.69) is 0 Å². The first kappa shape index (κ1) is 26.8. The van der Waals surface area contributed by atoms with Crippen LogP contribution in [0.5, 0.6) is 5.75 Å². The van der Waals surface area contributed by atoms with Crippen LogP contribution in [-0.4, -0.2) is 34.8 Å². The molecular weight excluding hydrogens is 535 g/mol. The van der Waals surface area contributed by atoms with Crippen LogP contribution >= 0.6 is 11.3 Å². The number of benzene rings is 3. The first-order valence-corrected chi connectivity index (χ1v) is 13.2. The minimum atomic E-state index is -1.11. The van der Waals surface area contributed by atoms with Gasteiger partial charge >= 0.3 is 11.9 Å². The lowest BCUT2D eigenvalue weighted by atomic mass is 9.93. The summed E-state index contributed by atoms with van der Waals surface area (Å²) in [5.41, 5.74) is 1.93. The van der Waals surface area contributed by atoms with E-state index in [0.717, 1.165) is 11.3 Å². The van der Waals surface area contributed by atoms with E-state index < -0.39 is 36.0 Å². The molecule has 0 amide bonds. The fraction of sp³-hybridized carbons (Fsp3) is 0.133. The number of nitrogens with zero attached hydrogens (tertiary/aromatic N) is 2. The molecule has 0 saturated heterocycles. The van der Waals surface area contributed by atoms with Crippen molar-refractivity contribution in [2.45, 2.75) is 13.0 Å². The molecule has 2 heterocycles. The second-order valence-corrected chi connectivity index (χ2v) is 9.75. The van der Waals surface area contributed by atoms with Gasteiger partial charge in [-0.1, -0.05) is 65.9 Å². The summed E-state index contributed by atoms with van der Waals surface area (Å²) in [6, 6.07) is 20.5. The number of esters is 1. The molecule has 8 nitrogen and oxygen atoms in total. The molecule has 0 saturated carbocycles. The molecule has 0 radical (unpaired) electrons. The van der Waals surface area contributed by atoms with Gasteiger partial charge in [0.05, 0.1) is 28.5 Å². The average Bonchev–Trinajstić information content (AvgIpc) is 3.26. The third kappa shape index (κ3) is 5.48. The molecule has 0 spiro atoms. The summed E-state index contributed by atoms with van der Waals surface area (Å²) in [5.74, 6) is -1.85. The lowest BCUT2D eigenvalue weighted by Gasteiger charge is -2.25. The first-order chi connectivity index (χ1) is 19.4. The van der Waals surface area contributed by atoms with Gasteiger partial charge in [-0.2, -0.15) is 0 Å². The van der Waals surface area contributed by atoms with Gasteiger partial charge in [0.25, 0.3) is 5.56 Å². The Labute approximate surface area is 231 Å². The Balaban J connectivity index is 1.74. The average molecular weight is 559 g/mol. The number of thiazole rings is 1. The minimum absolute atomic E-state index is 0.116. The van der Waals surface area contributed by atoms with E-state index >= 15 is 0 Å². The fourth-order valence-electron chi connectivity index (χ4n) is 4.39. The van der Waals surface area contributed by atoms with Crippen molar-refractivity contribution in [1.82, 2.24) is 4.57 Å². The van der Waals surface area contributed by atoms with Crippen LogP contribution in [0.2, 0.25) is 0 Å². The third-order valence-corrected chi connectivity index (χ3v) is 7.06. The van der Waals surface area contributed by atoms with Gasteiger partial charge in [-0.05, 0) is 48.4 Å². The maximum absolute atomic E-state index is 13.9. The Kier molecular flexibility index (Phi) is 7.70. The number of rotatable bonds is 8. The lowest BCUT2D eigenvalue weighted by molar-refractivity contribution is -0.140. The predicted octanol–water partition coefficient (Wildman–Crippen LogP) is 3.54. The zero-order valence-corrected chi connectivity index (χ0v) is 22.1. The summed E-state index contributed by atoms with van der Waals surface area (Å²) in [5, 5.41) is 8.90. The van der Waals surface area contributed by atoms with Crippen LogP contribution in [0, 0.1) is 5.82 Å². The summed E-state index contributed by atoms with van der Waals surface area (Å²) in [7, 11) is 0. The number of aliphatic carboxylic acids is 1. The van der Waals surface area contributed by atoms with Crippen molar-refractivity contribution in [3.8, 4) is 5.75 Å². The lowest BCUT2D eigenvalue weighted by Crippen LogP contribution is -2.40. The Hall–Kier alpha value is -4.83. The highest BCUT2D eigenvalue weighted by Crippen LogP contribution is 2.35. The second-order valence-electron chi connectivity index (χ2n) is 8.74. The van der Waals surface area contributed by atoms with Crippen molar-refractivity contribution in [2.75, 3.05) is 13.2 Å². The van der Waals surface area contributed by atoms with Crippen LogP contribution in [0.15, 0.2) is 94.2 Å². The highest BCUT2D eigenvalue weighted by molar-refractivity contribution is 7.07. The molecule has 40 heavy (non-hydrogen) atoms. The van der Waals surface area contributed by atoms with Gasteiger partial charge in [0.15, 0.2) is 11.4 Å². The molecule has 0 fully saturated rings. The number of carbonyl (C=O) groups is 2. The van der Waals surface area contributed by atoms with Crippen molar-refractivity contribution >= 4 is 35.0 Å². The van der Waals surface area contributed by atoms with Crippen LogP contribution in [0.1, 0.15) is 29.7 Å². The number of ether oxygens (including phenoxy) is 2. The number of hydrogen-bond acceptors (Lipinski definition) is 7. The molecule has 0 unspecified atom stereocenters. The van der Waals surface area contributed by atoms with E-state index in [9.17, 15) is 18.8 Å². The molecule has 1 aliphatic rings. The van der Waals surface area contributed by atoms with Crippen molar-refractivity contribution in [1.29, 1.82) is 0 Å². The third-order valence-electron chi connectivity index (χ3n) is 6.08. The van der Waals surface area contributed by atoms with E-state index in [1.165, 1.54) is 28.8 Å². The maximum atomic E-state index is 13.9. The van der Waals surface area contributed by atoms with Gasteiger partial charge in [-0.3, -0.25) is 9.36 Å². The molecule has 1 N–H and O–H groups in total. The van der Waals surface area contributed by atoms with Crippen molar-refractivity contribution in [2.24, 2.45) is 4.99 Å². The predicted molar refractivity (Wildman–Crippen MR) is 147 cm³/mol. The topological polar surface area (TPSA) is 107 Å². The zero-order chi connectivity index (χ0) is 28.2. The highest BCUT2D eigenvalue weighted by Gasteiger charge is 2.35. The Morgan fingerprint density at radius 1 is 1.07 bits per heavy atom. The van der Waals surface area contributed by atoms with E-state index in [0.29, 0.717) is 37.5 Å². The number of carbonyl (C=O) groups excluding carboxylic acids is 1. The number of carboxylic acids is 1. The van der Waals surface area contributed by atoms with Crippen molar-refractivity contribution < 1.29 is 28.6 Å². The Morgan fingerprint density at radius 2 is 1.82 bits per heavy atom. The van der Waals surface area contributed by atoms with Gasteiger partial charge in [0, 0.05) is 5.56 Å². The summed E-state index contributed by atoms with van der Waals surface area (Å²) >= 11 is 1.14. The van der Waals surface area contributed by atoms with Gasteiger partial charge in [0.1, 0.15) is 11.6 Å². The molecule has 202 valence electrons. The summed E-state index contributed by atoms with van der Waals surface area (Å²) in [6.07, 6.45) is 1.65. The van der Waals surface area contributed by atoms with Crippen LogP contribution in [0.4, 0.5) is 4.39 Å². The quantitative estimate of drug-likeness (QED) is 0.332. The van der Waals surface area contributed by atoms with E-state index in [1.54, 1.807) is 37.3 Å². The summed E-state index contributed by atoms with van der Waals surface area (Å²) < 4.78 is 26.3. The zero-order valence-electron chi connectivity index (χ0n) is 21.2. The summed E-state index contributed by atoms with van der Waals surface area (Å²) in [4.78, 5) is 43.3. The molecule has 0 bridgehead atoms. The molecule has 5 rings (SSSR count). The van der Waals surface area contributed by atoms with Crippen LogP contribution < -0.4 is 19.6 Å². The van der Waals surface area contributed by atoms with Crippen LogP contribution in [-0.2, 0) is 14.3 Å². The van der Waals surface area contributed by atoms with E-state index in [4.69, 9.17) is 19.6 Å². The maximum Gasteiger partial charge on any atom is 0.341 e. The molecule has 1 aliphatic heterocycles. The van der Waals surface area contributed by atoms with Crippen LogP contribution in [0.25, 0.3) is 11.8 Å². The fourth-order valence-corrected chi connectivity index (χ4v) is 5.39. The molecule has 1 aromatic heterocycles. The Bertz CT molecular complexity index is 1790. The Morgan fingerprint density at radius 3 is 2.52 bits per heavy atom. The van der Waals surface area contributed by atoms with Gasteiger partial charge in [-0.15, -0.1) is 0 Å². The molecule has 4 aromatic rings. The van der Waals surface area contributed by atoms with E-state index in [1.807, 2.05) is 30.3 Å². The highest BCUT2D eigenvalue weighted by atomic mass is 32.1. The number of carboxylic acid groups (broad SMARTS) is 1. The molecule has 0 aliphatic carbocycles. The SMILES string of the molecule is CCOC(=O)C1=C(c2ccccc2)N=c2s/c(=C\c3cccc(OCC(=O)O)c3)c(=O)n2[C@@H]1c1ccc(F)cc1. The smallest absolute Gasteiger partial charge is 0.341 e. The van der Waals surface area contributed by atoms with Crippen molar-refractivity contribution in [3.63, 3.8) is 0 Å². The van der Waals surface area contributed by atoms with Crippen LogP contribution in [0.3, 0.4) is 0 Å². The first-order valence-electron chi connectivity index (χ1n) is 12.3. The standard InChI is InChI=1S/C30H23FN2O6S/c1-2-38-29(37)25-26(19-8-4-3-5-9-19)32-30-33(27(25)20-11-13-21(31)14-12-20)28(36)23(40-30)16-18-7-6-10-22(15-18)39-17-24(34)35/h3-16,27H,2,17H2,1H3,(H,34,35)/b23-16-/t27-/m1/s1. The number of hydrogen-bond donors (Lipinski definition) is 1. The van der Waals surface area contributed by atoms with Gasteiger partial charge in [0.2, 0.25) is 0 Å². The molecule has 1 atom stereocenters. The molecule has 3 aromatic carbocycles. The van der Waals surface area contributed by atoms with Gasteiger partial charge in [-0.25, -0.2) is 19.0 Å². The molecular formula is C30H23FN2O6S. The number of fused-ring (bicyclic) bond motifs is 1. The van der Waals surface area contributed by atoms with Crippen molar-refractivity contribution in [3.05, 3.63) is 127 Å². The second kappa shape index (κ2) is 11.5. The minimum Gasteiger partial charge on any atom is -0.482 e. The number of aromatic nitrogens is 1. The largest absolute Gasteiger partial charge is 0.482 e. The molecule has 10 heteroatoms. The normalized spacial score (nSPS) is 14.8. The number of halogens is 1. The summed E-state index contributed by atoms with van der Waals surface area (Å²) in [6.45, 7) is 1.31. The monoisotopic (exact) mass is 558 g/mol. The van der Waals surface area contributed by atoms with E-state index in [-0.39, 0.29) is 12.2 Å².